The number of rotatable bonds is 44. The van der Waals surface area contributed by atoms with Gasteiger partial charge in [-0.1, -0.05) is 43.4 Å². The normalized spacial score (nSPS) is 16.0. The largest absolute Gasteiger partial charge is 0.491 e. The molecule has 0 bridgehead atoms. The Kier molecular flexibility index (Phi) is 28.6. The first-order chi connectivity index (χ1) is 45.8. The summed E-state index contributed by atoms with van der Waals surface area (Å²) in [7, 11) is 0. The van der Waals surface area contributed by atoms with Gasteiger partial charge in [-0.25, -0.2) is 0 Å². The molecule has 1 aromatic rings. The minimum absolute atomic E-state index is 0.221. The first-order valence-corrected chi connectivity index (χ1v) is 27.8. The van der Waals surface area contributed by atoms with Crippen LogP contribution in [-0.2, 0) is 9.47 Å². The van der Waals surface area contributed by atoms with Gasteiger partial charge in [0.05, 0.1) is 13.2 Å². The summed E-state index contributed by atoms with van der Waals surface area (Å²) in [6, 6.07) is 5.94. The number of hydrogen-bond donors (Lipinski definition) is 0. The van der Waals surface area contributed by atoms with Crippen LogP contribution in [0.15, 0.2) is 24.3 Å². The van der Waals surface area contributed by atoms with Crippen molar-refractivity contribution in [3.8, 4) is 5.75 Å². The van der Waals surface area contributed by atoms with Gasteiger partial charge in [0, 0.05) is 32.5 Å². The second-order valence-corrected chi connectivity index (χ2v) is 23.1. The molecule has 0 N–H and O–H groups in total. The quantitative estimate of drug-likeness (QED) is 0.0481. The molecule has 0 aliphatic heterocycles. The van der Waals surface area contributed by atoms with E-state index in [9.17, 15) is 206 Å². The molecule has 0 aliphatic rings. The second kappa shape index (κ2) is 30.6. The van der Waals surface area contributed by atoms with Gasteiger partial charge in [-0.3, -0.25) is 0 Å². The van der Waals surface area contributed by atoms with Crippen LogP contribution in [0.4, 0.5) is 224 Å². The minimum Gasteiger partial charge on any atom is -0.491 e. The maximum absolute atomic E-state index is 15.5. The number of ether oxygens (including phenoxy) is 3. The van der Waals surface area contributed by atoms with Gasteiger partial charge in [0.1, 0.15) is 12.4 Å². The van der Waals surface area contributed by atoms with Gasteiger partial charge in [0.2, 0.25) is 0 Å². The summed E-state index contributed by atoms with van der Waals surface area (Å²) in [6.07, 6.45) is -54.4. The van der Waals surface area contributed by atoms with E-state index in [2.05, 4.69) is 0 Å². The van der Waals surface area contributed by atoms with E-state index in [1.54, 1.807) is 19.1 Å². The zero-order chi connectivity index (χ0) is 84.0. The van der Waals surface area contributed by atoms with Crippen molar-refractivity contribution in [1.82, 2.24) is 0 Å². The third kappa shape index (κ3) is 17.0. The predicted molar refractivity (Wildman–Crippen MR) is 247 cm³/mol. The predicted octanol–water partition coefficient (Wildman–Crippen LogP) is 23.9. The van der Waals surface area contributed by atoms with E-state index in [1.807, 2.05) is 0 Å². The van der Waals surface area contributed by atoms with Crippen molar-refractivity contribution in [3.05, 3.63) is 29.8 Å². The van der Waals surface area contributed by atoms with Crippen molar-refractivity contribution in [3.63, 3.8) is 0 Å². The summed E-state index contributed by atoms with van der Waals surface area (Å²) in [5, 5.41) is 0. The molecule has 1 rings (SSSR count). The summed E-state index contributed by atoms with van der Waals surface area (Å²) in [5.41, 5.74) is -2.67. The molecular weight excluding hydrogens is 1630 g/mol. The number of hydrogen-bond acceptors (Lipinski definition) is 3. The maximum atomic E-state index is 15.5. The Balaban J connectivity index is 4.15. The Morgan fingerprint density at radius 1 is 0.210 bits per heavy atom. The average molecular weight is 1670 g/mol. The molecule has 0 aromatic heterocycles. The lowest BCUT2D eigenvalue weighted by molar-refractivity contribution is -0.462. The first-order valence-electron chi connectivity index (χ1n) is 27.8. The zero-order valence-electron chi connectivity index (χ0n) is 50.7. The van der Waals surface area contributed by atoms with Gasteiger partial charge < -0.3 is 14.2 Å². The third-order valence-corrected chi connectivity index (χ3v) is 15.5. The van der Waals surface area contributed by atoms with Crippen LogP contribution in [-0.4, -0.2) is 176 Å². The summed E-state index contributed by atoms with van der Waals surface area (Å²) in [4.78, 5) is 0. The highest BCUT2D eigenvalue weighted by molar-refractivity contribution is 5.26. The standard InChI is InChI=1S/C51H45F51O3/c1-25-10-12-26(13-11-25)105-23-22-103-20-8-9-21-104-24-27(18-19-30(56,57)33(62,63)36(68,69)39(74,75)42(80,81)45(86,87)48(92,93)51(100,101)102,14-4-2-6-16-28(52,53)31(58,59)34(64,65)37(70,71)40(76,77)43(82,83)46(88,89)49(94,95)96)15-5-3-7-17-29(54,55)32(60,61)35(66,67)38(72,73)41(78,79)44(84,85)47(90,91)50(97,98)99/h10-13H,2-9,14-24H2,1H3. The van der Waals surface area contributed by atoms with E-state index in [-0.39, 0.29) is 19.0 Å². The van der Waals surface area contributed by atoms with Crippen LogP contribution in [0, 0.1) is 12.3 Å². The monoisotopic (exact) mass is 1670 g/mol. The van der Waals surface area contributed by atoms with Crippen LogP contribution in [0.3, 0.4) is 0 Å². The molecule has 0 aliphatic carbocycles. The lowest BCUT2D eigenvalue weighted by Gasteiger charge is -2.43. The Morgan fingerprint density at radius 3 is 0.705 bits per heavy atom. The molecule has 0 heterocycles. The molecule has 0 saturated carbocycles. The summed E-state index contributed by atoms with van der Waals surface area (Å²) in [6.45, 7) is -2.48. The highest BCUT2D eigenvalue weighted by Crippen LogP contribution is 2.69. The highest BCUT2D eigenvalue weighted by Gasteiger charge is 2.98. The molecule has 0 fully saturated rings. The van der Waals surface area contributed by atoms with Crippen LogP contribution in [0.1, 0.15) is 95.5 Å². The second-order valence-electron chi connectivity index (χ2n) is 23.1. The molecule has 0 unspecified atom stereocenters. The lowest BCUT2D eigenvalue weighted by atomic mass is 9.73. The van der Waals surface area contributed by atoms with E-state index >= 15 is 17.6 Å². The average Bonchev–Trinajstić information content (AvgIpc) is 0.707. The van der Waals surface area contributed by atoms with Gasteiger partial charge in [-0.05, 0) is 69.4 Å². The molecule has 0 spiro atoms. The van der Waals surface area contributed by atoms with Gasteiger partial charge in [-0.15, -0.1) is 0 Å². The molecule has 1 aromatic carbocycles. The summed E-state index contributed by atoms with van der Waals surface area (Å²) in [5.74, 6) is -183. The van der Waals surface area contributed by atoms with Gasteiger partial charge in [0.15, 0.2) is 0 Å². The number of unbranched alkanes of at least 4 members (excludes halogenated alkanes) is 5. The van der Waals surface area contributed by atoms with Crippen molar-refractivity contribution in [2.75, 3.05) is 33.0 Å². The SMILES string of the molecule is Cc1ccc(OCCOCCCCOCC(CCCCCC(F)(F)C(F)(F)C(F)(F)C(F)(F)C(F)(F)C(F)(F)C(F)(F)C(F)(F)F)(CCCCCC(F)(F)C(F)(F)C(F)(F)C(F)(F)C(F)(F)C(F)(F)C(F)(F)C(F)(F)F)CCC(F)(F)C(F)(F)C(F)(F)C(F)(F)C(F)(F)C(F)(F)C(F)(F)C(F)(F)F)cc1. The maximum Gasteiger partial charge on any atom is 0.460 e. The number of benzene rings is 1. The van der Waals surface area contributed by atoms with E-state index < -0.39 is 258 Å². The molecule has 3 nitrogen and oxygen atoms in total. The van der Waals surface area contributed by atoms with Crippen molar-refractivity contribution < 1.29 is 238 Å². The van der Waals surface area contributed by atoms with Gasteiger partial charge in [0.25, 0.3) is 0 Å². The van der Waals surface area contributed by atoms with Crippen molar-refractivity contribution in [2.24, 2.45) is 5.41 Å². The van der Waals surface area contributed by atoms with Crippen molar-refractivity contribution in [1.29, 1.82) is 0 Å². The number of alkyl halides is 51. The van der Waals surface area contributed by atoms with E-state index in [0.717, 1.165) is 5.56 Å². The molecular formula is C51H45F51O3. The van der Waals surface area contributed by atoms with Crippen molar-refractivity contribution >= 4 is 0 Å². The van der Waals surface area contributed by atoms with Crippen LogP contribution in [0.5, 0.6) is 5.75 Å². The van der Waals surface area contributed by atoms with Gasteiger partial charge >= 0.3 is 143 Å². The Labute approximate surface area is 552 Å². The Morgan fingerprint density at radius 2 is 0.438 bits per heavy atom. The Bertz CT molecular complexity index is 2810. The highest BCUT2D eigenvalue weighted by atomic mass is 19.5. The van der Waals surface area contributed by atoms with Crippen LogP contribution in [0.2, 0.25) is 0 Å². The molecule has 0 atom stereocenters. The molecule has 54 heteroatoms. The summed E-state index contributed by atoms with van der Waals surface area (Å²) >= 11 is 0. The molecule has 0 amide bonds. The van der Waals surface area contributed by atoms with Crippen LogP contribution in [0.25, 0.3) is 0 Å². The Hall–Kier alpha value is -4.63. The first kappa shape index (κ1) is 98.4. The fourth-order valence-electron chi connectivity index (χ4n) is 8.77. The lowest BCUT2D eigenvalue weighted by Crippen LogP contribution is -2.74. The molecule has 624 valence electrons. The molecule has 105 heavy (non-hydrogen) atoms. The molecule has 0 radical (unpaired) electrons. The number of halogens is 51. The minimum atomic E-state index is -9.35. The summed E-state index contributed by atoms with van der Waals surface area (Å²) < 4.78 is 729. The fraction of sp³-hybridized carbons (Fsp3) is 0.882. The smallest absolute Gasteiger partial charge is 0.460 e. The molecule has 0 saturated heterocycles. The van der Waals surface area contributed by atoms with Gasteiger partial charge in [-0.2, -0.15) is 224 Å². The van der Waals surface area contributed by atoms with E-state index in [4.69, 9.17) is 14.2 Å². The van der Waals surface area contributed by atoms with Crippen LogP contribution < -0.4 is 4.74 Å². The van der Waals surface area contributed by atoms with Crippen molar-refractivity contribution in [2.45, 2.75) is 240 Å². The fourth-order valence-corrected chi connectivity index (χ4v) is 8.77. The van der Waals surface area contributed by atoms with E-state index in [1.165, 1.54) is 12.1 Å². The topological polar surface area (TPSA) is 27.7 Å². The third-order valence-electron chi connectivity index (χ3n) is 15.5. The van der Waals surface area contributed by atoms with E-state index in [0.29, 0.717) is 0 Å². The zero-order valence-corrected chi connectivity index (χ0v) is 50.7. The van der Waals surface area contributed by atoms with Crippen LogP contribution >= 0.6 is 0 Å². The number of aryl methyl sites for hydroxylation is 1.